The van der Waals surface area contributed by atoms with Crippen molar-refractivity contribution in [3.05, 3.63) is 11.1 Å². The molecule has 1 amide bonds. The number of likely N-dealkylation sites (tertiary alicyclic amines) is 1. The summed E-state index contributed by atoms with van der Waals surface area (Å²) in [7, 11) is 0. The summed E-state index contributed by atoms with van der Waals surface area (Å²) >= 11 is 1.53. The summed E-state index contributed by atoms with van der Waals surface area (Å²) in [5.41, 5.74) is 1.05. The monoisotopic (exact) mass is 365 g/mol. The van der Waals surface area contributed by atoms with E-state index < -0.39 is 0 Å². The highest BCUT2D eigenvalue weighted by atomic mass is 32.1. The zero-order valence-electron chi connectivity index (χ0n) is 15.7. The number of piperidine rings is 1. The SMILES string of the molecule is CC(C)(C)c1csc(NC(=O)[C@@H]2CCCCN2CC2CCOCC2)n1. The third-order valence-electron chi connectivity index (χ3n) is 5.25. The number of carbonyl (C=O) groups excluding carboxylic acids is 1. The Morgan fingerprint density at radius 2 is 2.08 bits per heavy atom. The van der Waals surface area contributed by atoms with Gasteiger partial charge < -0.3 is 10.1 Å². The van der Waals surface area contributed by atoms with Gasteiger partial charge in [0.2, 0.25) is 5.91 Å². The van der Waals surface area contributed by atoms with Crippen molar-refractivity contribution >= 4 is 22.4 Å². The van der Waals surface area contributed by atoms with Gasteiger partial charge in [-0.25, -0.2) is 4.98 Å². The maximum Gasteiger partial charge on any atom is 0.243 e. The maximum absolute atomic E-state index is 12.9. The van der Waals surface area contributed by atoms with Gasteiger partial charge in [0.25, 0.3) is 0 Å². The van der Waals surface area contributed by atoms with E-state index in [1.807, 2.05) is 0 Å². The van der Waals surface area contributed by atoms with E-state index in [9.17, 15) is 4.79 Å². The number of hydrogen-bond donors (Lipinski definition) is 1. The quantitative estimate of drug-likeness (QED) is 0.885. The average Bonchev–Trinajstić information content (AvgIpc) is 3.05. The van der Waals surface area contributed by atoms with Crippen LogP contribution in [0.1, 0.15) is 58.6 Å². The van der Waals surface area contributed by atoms with E-state index in [1.165, 1.54) is 17.8 Å². The minimum atomic E-state index is -0.0152. The lowest BCUT2D eigenvalue weighted by Gasteiger charge is -2.37. The summed E-state index contributed by atoms with van der Waals surface area (Å²) in [6.45, 7) is 10.2. The minimum absolute atomic E-state index is 0.0133. The predicted octanol–water partition coefficient (Wildman–Crippen LogP) is 3.66. The fraction of sp³-hybridized carbons (Fsp3) is 0.789. The van der Waals surface area contributed by atoms with Crippen LogP contribution in [0.5, 0.6) is 0 Å². The Bertz CT molecular complexity index is 575. The maximum atomic E-state index is 12.9. The zero-order valence-corrected chi connectivity index (χ0v) is 16.5. The number of amides is 1. The van der Waals surface area contributed by atoms with Gasteiger partial charge in [-0.1, -0.05) is 27.2 Å². The molecule has 140 valence electrons. The Hall–Kier alpha value is -0.980. The number of aromatic nitrogens is 1. The van der Waals surface area contributed by atoms with Crippen molar-refractivity contribution in [2.75, 3.05) is 31.6 Å². The number of thiazole rings is 1. The van der Waals surface area contributed by atoms with Crippen LogP contribution in [-0.2, 0) is 14.9 Å². The Morgan fingerprint density at radius 3 is 2.76 bits per heavy atom. The van der Waals surface area contributed by atoms with E-state index in [-0.39, 0.29) is 17.4 Å². The molecule has 3 rings (SSSR count). The van der Waals surface area contributed by atoms with Crippen LogP contribution < -0.4 is 5.32 Å². The number of anilines is 1. The van der Waals surface area contributed by atoms with Crippen LogP contribution >= 0.6 is 11.3 Å². The molecule has 2 fully saturated rings. The molecule has 3 heterocycles. The zero-order chi connectivity index (χ0) is 17.9. The first-order valence-electron chi connectivity index (χ1n) is 9.52. The number of carbonyl (C=O) groups is 1. The lowest BCUT2D eigenvalue weighted by Crippen LogP contribution is -2.49. The molecule has 0 unspecified atom stereocenters. The molecule has 2 saturated heterocycles. The van der Waals surface area contributed by atoms with Gasteiger partial charge in [0.1, 0.15) is 0 Å². The lowest BCUT2D eigenvalue weighted by atomic mass is 9.93. The van der Waals surface area contributed by atoms with Gasteiger partial charge in [0, 0.05) is 30.6 Å². The molecule has 2 aliphatic heterocycles. The molecular formula is C19H31N3O2S. The second kappa shape index (κ2) is 8.14. The van der Waals surface area contributed by atoms with Crippen LogP contribution in [0.3, 0.4) is 0 Å². The van der Waals surface area contributed by atoms with E-state index in [2.05, 4.69) is 41.4 Å². The standard InChI is InChI=1S/C19H31N3O2S/c1-19(2,3)16-13-25-18(20-16)21-17(23)15-6-4-5-9-22(15)12-14-7-10-24-11-8-14/h13-15H,4-12H2,1-3H3,(H,20,21,23)/t15-/m0/s1. The van der Waals surface area contributed by atoms with Crippen molar-refractivity contribution in [1.29, 1.82) is 0 Å². The van der Waals surface area contributed by atoms with Crippen molar-refractivity contribution in [3.8, 4) is 0 Å². The smallest absolute Gasteiger partial charge is 0.243 e. The Morgan fingerprint density at radius 1 is 1.32 bits per heavy atom. The molecule has 2 aliphatic rings. The summed E-state index contributed by atoms with van der Waals surface area (Å²) in [5, 5.41) is 5.85. The van der Waals surface area contributed by atoms with E-state index in [1.54, 1.807) is 0 Å². The van der Waals surface area contributed by atoms with Gasteiger partial charge in [-0.15, -0.1) is 11.3 Å². The van der Waals surface area contributed by atoms with Crippen LogP contribution in [0.4, 0.5) is 5.13 Å². The number of nitrogens with one attached hydrogen (secondary N) is 1. The van der Waals surface area contributed by atoms with E-state index in [0.717, 1.165) is 62.8 Å². The molecule has 1 aromatic heterocycles. The van der Waals surface area contributed by atoms with Crippen molar-refractivity contribution in [2.24, 2.45) is 5.92 Å². The lowest BCUT2D eigenvalue weighted by molar-refractivity contribution is -0.122. The van der Waals surface area contributed by atoms with Gasteiger partial charge in [0.05, 0.1) is 11.7 Å². The number of hydrogen-bond acceptors (Lipinski definition) is 5. The molecule has 1 aromatic rings. The third-order valence-corrected chi connectivity index (χ3v) is 6.01. The molecule has 0 aliphatic carbocycles. The molecule has 5 nitrogen and oxygen atoms in total. The molecular weight excluding hydrogens is 334 g/mol. The van der Waals surface area contributed by atoms with E-state index in [0.29, 0.717) is 5.92 Å². The normalized spacial score (nSPS) is 23.6. The highest BCUT2D eigenvalue weighted by molar-refractivity contribution is 7.14. The van der Waals surface area contributed by atoms with Crippen LogP contribution in [-0.4, -0.2) is 48.1 Å². The second-order valence-electron chi connectivity index (χ2n) is 8.34. The van der Waals surface area contributed by atoms with Crippen LogP contribution in [0.15, 0.2) is 5.38 Å². The third kappa shape index (κ3) is 5.02. The van der Waals surface area contributed by atoms with Gasteiger partial charge in [-0.05, 0) is 38.1 Å². The Balaban J connectivity index is 1.61. The van der Waals surface area contributed by atoms with Gasteiger partial charge in [-0.2, -0.15) is 0 Å². The first-order chi connectivity index (χ1) is 11.9. The van der Waals surface area contributed by atoms with E-state index >= 15 is 0 Å². The number of nitrogens with zero attached hydrogens (tertiary/aromatic N) is 2. The van der Waals surface area contributed by atoms with Gasteiger partial charge in [-0.3, -0.25) is 9.69 Å². The molecule has 6 heteroatoms. The molecule has 25 heavy (non-hydrogen) atoms. The first-order valence-corrected chi connectivity index (χ1v) is 10.4. The average molecular weight is 366 g/mol. The fourth-order valence-electron chi connectivity index (χ4n) is 3.63. The Labute approximate surface area is 155 Å². The van der Waals surface area contributed by atoms with Gasteiger partial charge in [0.15, 0.2) is 5.13 Å². The van der Waals surface area contributed by atoms with Crippen molar-refractivity contribution < 1.29 is 9.53 Å². The highest BCUT2D eigenvalue weighted by Gasteiger charge is 2.31. The summed E-state index contributed by atoms with van der Waals surface area (Å²) in [5.74, 6) is 0.774. The molecule has 1 N–H and O–H groups in total. The topological polar surface area (TPSA) is 54.5 Å². The summed E-state index contributed by atoms with van der Waals surface area (Å²) in [4.78, 5) is 19.9. The van der Waals surface area contributed by atoms with Crippen LogP contribution in [0.2, 0.25) is 0 Å². The molecule has 0 radical (unpaired) electrons. The molecule has 0 saturated carbocycles. The molecule has 1 atom stereocenters. The molecule has 0 aromatic carbocycles. The van der Waals surface area contributed by atoms with Gasteiger partial charge >= 0.3 is 0 Å². The molecule has 0 bridgehead atoms. The second-order valence-corrected chi connectivity index (χ2v) is 9.20. The highest BCUT2D eigenvalue weighted by Crippen LogP contribution is 2.28. The first kappa shape index (κ1) is 18.8. The summed E-state index contributed by atoms with van der Waals surface area (Å²) < 4.78 is 5.47. The summed E-state index contributed by atoms with van der Waals surface area (Å²) in [6, 6.07) is -0.0152. The predicted molar refractivity (Wildman–Crippen MR) is 102 cm³/mol. The summed E-state index contributed by atoms with van der Waals surface area (Å²) in [6.07, 6.45) is 5.51. The fourth-order valence-corrected chi connectivity index (χ4v) is 4.57. The van der Waals surface area contributed by atoms with Crippen LogP contribution in [0.25, 0.3) is 0 Å². The largest absolute Gasteiger partial charge is 0.381 e. The number of rotatable bonds is 4. The van der Waals surface area contributed by atoms with Crippen molar-refractivity contribution in [3.63, 3.8) is 0 Å². The van der Waals surface area contributed by atoms with Crippen molar-refractivity contribution in [2.45, 2.75) is 64.3 Å². The Kier molecular flexibility index (Phi) is 6.12. The molecule has 0 spiro atoms. The minimum Gasteiger partial charge on any atom is -0.381 e. The number of ether oxygens (including phenoxy) is 1. The van der Waals surface area contributed by atoms with Crippen LogP contribution in [0, 0.1) is 5.92 Å². The van der Waals surface area contributed by atoms with E-state index in [4.69, 9.17) is 4.74 Å². The van der Waals surface area contributed by atoms with Crippen molar-refractivity contribution in [1.82, 2.24) is 9.88 Å².